The van der Waals surface area contributed by atoms with Crippen molar-refractivity contribution >= 4 is 27.8 Å². The molecule has 0 saturated heterocycles. The Morgan fingerprint density at radius 1 is 1.43 bits per heavy atom. The van der Waals surface area contributed by atoms with Crippen LogP contribution in [0, 0.1) is 0 Å². The summed E-state index contributed by atoms with van der Waals surface area (Å²) in [5.74, 6) is -1.36. The van der Waals surface area contributed by atoms with E-state index in [4.69, 9.17) is 5.11 Å². The number of carbonyl (C=O) groups is 2. The van der Waals surface area contributed by atoms with Gasteiger partial charge in [-0.3, -0.25) is 9.59 Å². The zero-order valence-corrected chi connectivity index (χ0v) is 12.4. The molecular weight excluding hydrogens is 342 g/mol. The Labute approximate surface area is 128 Å². The molecular formula is C12H12BrN5O3. The molecule has 0 bridgehead atoms. The number of carboxylic acids is 1. The molecule has 8 nitrogen and oxygen atoms in total. The summed E-state index contributed by atoms with van der Waals surface area (Å²) in [4.78, 5) is 22.9. The third-order valence-electron chi connectivity index (χ3n) is 2.66. The third kappa shape index (κ3) is 4.63. The normalized spacial score (nSPS) is 11.9. The molecule has 0 aliphatic heterocycles. The summed E-state index contributed by atoms with van der Waals surface area (Å²) in [6.45, 7) is -0.0723. The fraction of sp³-hybridized carbons (Fsp3) is 0.250. The first kappa shape index (κ1) is 15.1. The van der Waals surface area contributed by atoms with Crippen molar-refractivity contribution < 1.29 is 14.7 Å². The summed E-state index contributed by atoms with van der Waals surface area (Å²) >= 11 is 3.32. The van der Waals surface area contributed by atoms with Crippen LogP contribution >= 0.6 is 15.9 Å². The molecule has 0 radical (unpaired) electrons. The molecule has 1 aromatic heterocycles. The van der Waals surface area contributed by atoms with Crippen LogP contribution in [-0.2, 0) is 16.1 Å². The van der Waals surface area contributed by atoms with Gasteiger partial charge in [0.2, 0.25) is 5.91 Å². The number of aliphatic carboxylic acids is 1. The number of tetrazole rings is 1. The second kappa shape index (κ2) is 6.93. The van der Waals surface area contributed by atoms with E-state index < -0.39 is 12.0 Å². The third-order valence-corrected chi connectivity index (χ3v) is 3.16. The highest BCUT2D eigenvalue weighted by atomic mass is 79.9. The van der Waals surface area contributed by atoms with Gasteiger partial charge >= 0.3 is 5.97 Å². The fourth-order valence-electron chi connectivity index (χ4n) is 1.79. The summed E-state index contributed by atoms with van der Waals surface area (Å²) in [7, 11) is 0. The topological polar surface area (TPSA) is 110 Å². The lowest BCUT2D eigenvalue weighted by atomic mass is 10.0. The molecule has 1 aromatic carbocycles. The van der Waals surface area contributed by atoms with Gasteiger partial charge in [-0.25, -0.2) is 4.68 Å². The number of hydrogen-bond donors (Lipinski definition) is 2. The van der Waals surface area contributed by atoms with E-state index in [0.717, 1.165) is 4.47 Å². The Morgan fingerprint density at radius 3 is 2.86 bits per heavy atom. The fourth-order valence-corrected chi connectivity index (χ4v) is 2.21. The predicted molar refractivity (Wildman–Crippen MR) is 75.1 cm³/mol. The number of halogens is 1. The van der Waals surface area contributed by atoms with Gasteiger partial charge in [0, 0.05) is 4.47 Å². The number of hydrogen-bond acceptors (Lipinski definition) is 5. The van der Waals surface area contributed by atoms with Crippen molar-refractivity contribution in [2.45, 2.75) is 19.0 Å². The lowest BCUT2D eigenvalue weighted by molar-refractivity contribution is -0.137. The zero-order valence-electron chi connectivity index (χ0n) is 10.8. The number of carboxylic acid groups (broad SMARTS) is 1. The Bertz CT molecular complexity index is 632. The number of carbonyl (C=O) groups excluding carboxylic acids is 1. The minimum Gasteiger partial charge on any atom is -0.481 e. The second-order valence-corrected chi connectivity index (χ2v) is 5.20. The van der Waals surface area contributed by atoms with Gasteiger partial charge in [0.1, 0.15) is 12.9 Å². The SMILES string of the molecule is O=C(O)CC(NC(=O)Cn1cnnn1)c1cccc(Br)c1. The molecule has 2 rings (SSSR count). The van der Waals surface area contributed by atoms with Gasteiger partial charge in [-0.2, -0.15) is 0 Å². The molecule has 1 heterocycles. The van der Waals surface area contributed by atoms with Gasteiger partial charge in [0.15, 0.2) is 0 Å². The molecule has 110 valence electrons. The second-order valence-electron chi connectivity index (χ2n) is 4.28. The number of benzene rings is 1. The maximum atomic E-state index is 11.9. The molecule has 0 fully saturated rings. The van der Waals surface area contributed by atoms with Crippen LogP contribution in [-0.4, -0.2) is 37.2 Å². The van der Waals surface area contributed by atoms with Gasteiger partial charge in [0.05, 0.1) is 12.5 Å². The predicted octanol–water partition coefficient (Wildman–Crippen LogP) is 0.768. The van der Waals surface area contributed by atoms with Crippen molar-refractivity contribution in [2.24, 2.45) is 0 Å². The highest BCUT2D eigenvalue weighted by Crippen LogP contribution is 2.21. The summed E-state index contributed by atoms with van der Waals surface area (Å²) in [5.41, 5.74) is 0.705. The van der Waals surface area contributed by atoms with Crippen molar-refractivity contribution in [1.82, 2.24) is 25.5 Å². The molecule has 0 saturated carbocycles. The lowest BCUT2D eigenvalue weighted by Crippen LogP contribution is -2.33. The van der Waals surface area contributed by atoms with Crippen LogP contribution in [0.1, 0.15) is 18.0 Å². The van der Waals surface area contributed by atoms with Gasteiger partial charge in [-0.15, -0.1) is 5.10 Å². The first-order chi connectivity index (χ1) is 10.0. The first-order valence-corrected chi connectivity index (χ1v) is 6.81. The smallest absolute Gasteiger partial charge is 0.305 e. The van der Waals surface area contributed by atoms with Crippen molar-refractivity contribution in [3.63, 3.8) is 0 Å². The number of nitrogens with one attached hydrogen (secondary N) is 1. The molecule has 0 aliphatic rings. The van der Waals surface area contributed by atoms with Gasteiger partial charge < -0.3 is 10.4 Å². The van der Waals surface area contributed by atoms with Crippen LogP contribution in [0.3, 0.4) is 0 Å². The Balaban J connectivity index is 2.09. The molecule has 2 N–H and O–H groups in total. The largest absolute Gasteiger partial charge is 0.481 e. The number of rotatable bonds is 6. The standard InChI is InChI=1S/C12H12BrN5O3/c13-9-3-1-2-8(4-9)10(5-12(20)21)15-11(19)6-18-7-14-16-17-18/h1-4,7,10H,5-6H2,(H,15,19)(H,20,21). The van der Waals surface area contributed by atoms with Crippen LogP contribution in [0.2, 0.25) is 0 Å². The molecule has 1 unspecified atom stereocenters. The van der Waals surface area contributed by atoms with Crippen molar-refractivity contribution in [3.8, 4) is 0 Å². The van der Waals surface area contributed by atoms with E-state index in [0.29, 0.717) is 5.56 Å². The van der Waals surface area contributed by atoms with Crippen LogP contribution < -0.4 is 5.32 Å². The first-order valence-electron chi connectivity index (χ1n) is 6.02. The van der Waals surface area contributed by atoms with Crippen molar-refractivity contribution in [1.29, 1.82) is 0 Å². The average Bonchev–Trinajstić information content (AvgIpc) is 2.90. The molecule has 1 amide bonds. The molecule has 21 heavy (non-hydrogen) atoms. The van der Waals surface area contributed by atoms with Crippen molar-refractivity contribution in [3.05, 3.63) is 40.6 Å². The molecule has 0 aliphatic carbocycles. The Morgan fingerprint density at radius 2 is 2.24 bits per heavy atom. The van der Waals surface area contributed by atoms with Gasteiger partial charge in [-0.1, -0.05) is 28.1 Å². The molecule has 9 heteroatoms. The van der Waals surface area contributed by atoms with E-state index >= 15 is 0 Å². The van der Waals surface area contributed by atoms with E-state index in [1.807, 2.05) is 6.07 Å². The van der Waals surface area contributed by atoms with E-state index in [1.165, 1.54) is 11.0 Å². The minimum atomic E-state index is -0.998. The summed E-state index contributed by atoms with van der Waals surface area (Å²) in [5, 5.41) is 22.1. The summed E-state index contributed by atoms with van der Waals surface area (Å²) in [6.07, 6.45) is 1.10. The van der Waals surface area contributed by atoms with E-state index in [-0.39, 0.29) is 18.9 Å². The Hall–Kier alpha value is -2.29. The zero-order chi connectivity index (χ0) is 15.2. The maximum Gasteiger partial charge on any atom is 0.305 e. The van der Waals surface area contributed by atoms with E-state index in [1.54, 1.807) is 18.2 Å². The monoisotopic (exact) mass is 353 g/mol. The highest BCUT2D eigenvalue weighted by Gasteiger charge is 2.18. The maximum absolute atomic E-state index is 11.9. The Kier molecular flexibility index (Phi) is 4.99. The van der Waals surface area contributed by atoms with E-state index in [2.05, 4.69) is 36.8 Å². The van der Waals surface area contributed by atoms with E-state index in [9.17, 15) is 9.59 Å². The number of nitrogens with zero attached hydrogens (tertiary/aromatic N) is 4. The quantitative estimate of drug-likeness (QED) is 0.793. The van der Waals surface area contributed by atoms with Crippen LogP contribution in [0.15, 0.2) is 35.1 Å². The van der Waals surface area contributed by atoms with Crippen molar-refractivity contribution in [2.75, 3.05) is 0 Å². The van der Waals surface area contributed by atoms with Crippen LogP contribution in [0.4, 0.5) is 0 Å². The number of amides is 1. The lowest BCUT2D eigenvalue weighted by Gasteiger charge is -2.17. The minimum absolute atomic E-state index is 0.0723. The van der Waals surface area contributed by atoms with Crippen LogP contribution in [0.5, 0.6) is 0 Å². The molecule has 2 aromatic rings. The number of aromatic nitrogens is 4. The van der Waals surface area contributed by atoms with Gasteiger partial charge in [0.25, 0.3) is 0 Å². The summed E-state index contributed by atoms with van der Waals surface area (Å²) < 4.78 is 2.07. The summed E-state index contributed by atoms with van der Waals surface area (Å²) in [6, 6.07) is 6.51. The molecule has 1 atom stereocenters. The highest BCUT2D eigenvalue weighted by molar-refractivity contribution is 9.10. The average molecular weight is 354 g/mol. The molecule has 0 spiro atoms. The van der Waals surface area contributed by atoms with Crippen LogP contribution in [0.25, 0.3) is 0 Å². The van der Waals surface area contributed by atoms with Gasteiger partial charge in [-0.05, 0) is 28.1 Å².